The van der Waals surface area contributed by atoms with Crippen LogP contribution < -0.4 is 0 Å². The molecule has 0 aliphatic carbocycles. The normalized spacial score (nSPS) is 10.1. The summed E-state index contributed by atoms with van der Waals surface area (Å²) in [6, 6.07) is 1.61. The molecule has 17 heavy (non-hydrogen) atoms. The molecule has 0 fully saturated rings. The van der Waals surface area contributed by atoms with E-state index < -0.39 is 12.1 Å². The molecule has 0 unspecified atom stereocenters. The Balaban J connectivity index is -0.000000224. The van der Waals surface area contributed by atoms with E-state index in [4.69, 9.17) is 15.3 Å². The minimum absolute atomic E-state index is 0. The summed E-state index contributed by atoms with van der Waals surface area (Å²) in [5.74, 6) is -2.49. The molecule has 0 rings (SSSR count). The summed E-state index contributed by atoms with van der Waals surface area (Å²) < 4.78 is 39.1. The molecule has 0 atom stereocenters. The Kier molecular flexibility index (Phi) is 13.3. The van der Waals surface area contributed by atoms with E-state index in [1.807, 2.05) is 27.7 Å². The van der Waals surface area contributed by atoms with Gasteiger partial charge >= 0.3 is 25.0 Å². The number of hydrogen-bond acceptors (Lipinski definition) is 3. The van der Waals surface area contributed by atoms with Crippen molar-refractivity contribution in [3.05, 3.63) is 0 Å². The van der Waals surface area contributed by atoms with Crippen molar-refractivity contribution in [3.8, 4) is 12.1 Å². The Labute approximate surface area is 112 Å². The molecule has 0 saturated heterocycles. The van der Waals surface area contributed by atoms with Crippen molar-refractivity contribution in [1.82, 2.24) is 0 Å². The van der Waals surface area contributed by atoms with Crippen LogP contribution in [0.15, 0.2) is 0 Å². The minimum atomic E-state index is -4.70. The Bertz CT molecular complexity index is 246. The van der Waals surface area contributed by atoms with Gasteiger partial charge in [0.25, 0.3) is 0 Å². The first-order valence-electron chi connectivity index (χ1n) is 4.66. The Hall–Kier alpha value is -0.673. The molecule has 0 N–H and O–H groups in total. The third-order valence-corrected chi connectivity index (χ3v) is 1.13. The molecule has 0 spiro atoms. The second-order valence-electron chi connectivity index (χ2n) is 3.47. The monoisotopic (exact) mass is 244 g/mol. The van der Waals surface area contributed by atoms with Crippen LogP contribution in [-0.4, -0.2) is 37.2 Å². The van der Waals surface area contributed by atoms with Crippen molar-refractivity contribution >= 4 is 18.9 Å². The van der Waals surface area contributed by atoms with Gasteiger partial charge in [-0.3, -0.25) is 0 Å². The third-order valence-electron chi connectivity index (χ3n) is 1.13. The van der Waals surface area contributed by atoms with Gasteiger partial charge in [-0.25, -0.2) is 0 Å². The molecule has 7 heteroatoms. The van der Waals surface area contributed by atoms with Crippen LogP contribution in [0.1, 0.15) is 27.7 Å². The van der Waals surface area contributed by atoms with Gasteiger partial charge in [-0.1, -0.05) is 0 Å². The maximum absolute atomic E-state index is 11.3. The summed E-state index contributed by atoms with van der Waals surface area (Å²) in [5.41, 5.74) is 0. The molecule has 0 saturated carbocycles. The molecule has 0 aliphatic heterocycles. The van der Waals surface area contributed by atoms with Crippen LogP contribution in [0, 0.1) is 28.6 Å². The average Bonchev–Trinajstić information content (AvgIpc) is 2.01. The summed E-state index contributed by atoms with van der Waals surface area (Å²) in [6.07, 6.45) is -3.95. The van der Waals surface area contributed by atoms with E-state index in [2.05, 4.69) is 0 Å². The number of nitriles is 2. The van der Waals surface area contributed by atoms with Crippen LogP contribution in [0.25, 0.3) is 0 Å². The predicted molar refractivity (Wildman–Crippen MR) is 59.3 cm³/mol. The van der Waals surface area contributed by atoms with Gasteiger partial charge in [-0.2, -0.15) is 23.7 Å². The number of alkyl halides is 3. The van der Waals surface area contributed by atoms with Crippen LogP contribution in [-0.2, 0) is 4.74 Å². The molecule has 0 aromatic carbocycles. The van der Waals surface area contributed by atoms with Gasteiger partial charge < -0.3 is 4.74 Å². The van der Waals surface area contributed by atoms with E-state index in [1.54, 1.807) is 0 Å². The Morgan fingerprint density at radius 1 is 0.941 bits per heavy atom. The van der Waals surface area contributed by atoms with Crippen LogP contribution in [0.5, 0.6) is 0 Å². The van der Waals surface area contributed by atoms with Crippen LogP contribution >= 0.6 is 0 Å². The van der Waals surface area contributed by atoms with E-state index in [1.165, 1.54) is 0 Å². The number of nitrogens with zero attached hydrogens (tertiary/aromatic N) is 2. The van der Waals surface area contributed by atoms with Gasteiger partial charge in [0.15, 0.2) is 0 Å². The SMILES string of the molecule is CC(C)OC(C)C.N#CC(C#N)C(F)(F)F.[LiH]. The van der Waals surface area contributed by atoms with Crippen LogP contribution in [0.3, 0.4) is 0 Å². The Morgan fingerprint density at radius 2 is 1.24 bits per heavy atom. The molecule has 0 radical (unpaired) electrons. The molecule has 0 aromatic rings. The van der Waals surface area contributed by atoms with Gasteiger partial charge in [0.2, 0.25) is 5.92 Å². The number of halogens is 3. The fraction of sp³-hybridized carbons (Fsp3) is 0.800. The summed E-state index contributed by atoms with van der Waals surface area (Å²) in [5, 5.41) is 15.3. The van der Waals surface area contributed by atoms with Gasteiger partial charge in [0.1, 0.15) is 0 Å². The molecular formula is C10H16F3LiN2O. The summed E-state index contributed by atoms with van der Waals surface area (Å²) >= 11 is 0. The van der Waals surface area contributed by atoms with Crippen molar-refractivity contribution in [2.24, 2.45) is 5.92 Å². The first-order valence-corrected chi connectivity index (χ1v) is 4.66. The van der Waals surface area contributed by atoms with Crippen molar-refractivity contribution in [3.63, 3.8) is 0 Å². The maximum atomic E-state index is 11.3. The standard InChI is InChI=1S/C6H14O.C4HF3N2.Li.H/c1-5(2)7-6(3)4;5-4(6,7)3(1-8)2-9;;/h5-6H,1-4H3;3H;;. The van der Waals surface area contributed by atoms with Gasteiger partial charge in [-0.05, 0) is 27.7 Å². The summed E-state index contributed by atoms with van der Waals surface area (Å²) in [7, 11) is 0. The molecule has 0 heterocycles. The average molecular weight is 244 g/mol. The molecule has 0 bridgehead atoms. The number of rotatable bonds is 2. The van der Waals surface area contributed by atoms with Crippen molar-refractivity contribution in [2.45, 2.75) is 46.1 Å². The zero-order valence-corrected chi connectivity index (χ0v) is 9.67. The van der Waals surface area contributed by atoms with Crippen molar-refractivity contribution < 1.29 is 17.9 Å². The molecule has 3 nitrogen and oxygen atoms in total. The van der Waals surface area contributed by atoms with Gasteiger partial charge in [0.05, 0.1) is 24.3 Å². The first-order chi connectivity index (χ1) is 7.15. The molecule has 0 amide bonds. The van der Waals surface area contributed by atoms with E-state index in [0.717, 1.165) is 12.1 Å². The first kappa shape index (κ1) is 21.6. The molecule has 0 aromatic heterocycles. The number of hydrogen-bond donors (Lipinski definition) is 0. The van der Waals surface area contributed by atoms with Gasteiger partial charge in [0, 0.05) is 0 Å². The van der Waals surface area contributed by atoms with E-state index in [0.29, 0.717) is 12.2 Å². The summed E-state index contributed by atoms with van der Waals surface area (Å²) in [6.45, 7) is 8.17. The predicted octanol–water partition coefficient (Wildman–Crippen LogP) is 2.38. The topological polar surface area (TPSA) is 56.8 Å². The van der Waals surface area contributed by atoms with Crippen LogP contribution in [0.2, 0.25) is 0 Å². The second kappa shape index (κ2) is 10.5. The second-order valence-corrected chi connectivity index (χ2v) is 3.47. The fourth-order valence-corrected chi connectivity index (χ4v) is 0.720. The molecule has 0 aliphatic rings. The molecular weight excluding hydrogens is 228 g/mol. The van der Waals surface area contributed by atoms with E-state index >= 15 is 0 Å². The van der Waals surface area contributed by atoms with E-state index in [-0.39, 0.29) is 18.9 Å². The number of ether oxygens (including phenoxy) is 1. The molecule has 94 valence electrons. The zero-order valence-electron chi connectivity index (χ0n) is 9.67. The van der Waals surface area contributed by atoms with Gasteiger partial charge in [-0.15, -0.1) is 0 Å². The summed E-state index contributed by atoms with van der Waals surface area (Å²) in [4.78, 5) is 0. The van der Waals surface area contributed by atoms with Crippen molar-refractivity contribution in [2.75, 3.05) is 0 Å². The fourth-order valence-electron chi connectivity index (χ4n) is 0.720. The van der Waals surface area contributed by atoms with E-state index in [9.17, 15) is 13.2 Å². The van der Waals surface area contributed by atoms with Crippen molar-refractivity contribution in [1.29, 1.82) is 10.5 Å². The van der Waals surface area contributed by atoms with Crippen LogP contribution in [0.4, 0.5) is 13.2 Å². The third kappa shape index (κ3) is 15.3. The quantitative estimate of drug-likeness (QED) is 0.701. The zero-order chi connectivity index (χ0) is 13.4. The Morgan fingerprint density at radius 3 is 1.24 bits per heavy atom.